The topological polar surface area (TPSA) is 128 Å². The summed E-state index contributed by atoms with van der Waals surface area (Å²) in [5.74, 6) is 0.472. The van der Waals surface area contributed by atoms with E-state index in [1.54, 1.807) is 36.5 Å². The molecule has 6 aromatic rings. The molecule has 3 aromatic carbocycles. The average Bonchev–Trinajstić information content (AvgIpc) is 3.59. The van der Waals surface area contributed by atoms with Crippen LogP contribution in [0.1, 0.15) is 15.9 Å². The predicted molar refractivity (Wildman–Crippen MR) is 150 cm³/mol. The normalized spacial score (nSPS) is 11.0. The van der Waals surface area contributed by atoms with Gasteiger partial charge in [0.15, 0.2) is 17.3 Å². The Morgan fingerprint density at radius 1 is 0.974 bits per heavy atom. The number of benzene rings is 3. The number of anilines is 3. The van der Waals surface area contributed by atoms with Gasteiger partial charge in [-0.2, -0.15) is 0 Å². The number of hydrogen-bond acceptors (Lipinski definition) is 8. The van der Waals surface area contributed by atoms with Crippen LogP contribution in [0.15, 0.2) is 102 Å². The van der Waals surface area contributed by atoms with E-state index in [-0.39, 0.29) is 11.7 Å². The molecule has 10 heteroatoms. The number of nitrogens with zero attached hydrogens (tertiary/aromatic N) is 6. The predicted octanol–water partition coefficient (Wildman–Crippen LogP) is 4.94. The lowest BCUT2D eigenvalue weighted by molar-refractivity contribution is 0.0993. The van der Waals surface area contributed by atoms with E-state index < -0.39 is 0 Å². The van der Waals surface area contributed by atoms with Crippen LogP contribution in [-0.4, -0.2) is 37.8 Å². The summed E-state index contributed by atoms with van der Waals surface area (Å²) in [6.07, 6.45) is 3.35. The number of hydrogen-bond donors (Lipinski definition) is 2. The zero-order chi connectivity index (χ0) is 26.8. The fourth-order valence-electron chi connectivity index (χ4n) is 4.37. The van der Waals surface area contributed by atoms with E-state index in [1.165, 1.54) is 5.56 Å². The van der Waals surface area contributed by atoms with E-state index in [0.717, 1.165) is 29.1 Å². The minimum atomic E-state index is -0.128. The summed E-state index contributed by atoms with van der Waals surface area (Å²) in [7, 11) is 1.76. The van der Waals surface area contributed by atoms with Crippen molar-refractivity contribution in [2.45, 2.75) is 6.54 Å². The summed E-state index contributed by atoms with van der Waals surface area (Å²) in [6, 6.07) is 27.1. The maximum absolute atomic E-state index is 13.3. The van der Waals surface area contributed by atoms with Gasteiger partial charge in [-0.3, -0.25) is 14.3 Å². The second-order valence-electron chi connectivity index (χ2n) is 8.93. The van der Waals surface area contributed by atoms with Crippen molar-refractivity contribution in [2.75, 3.05) is 23.0 Å². The molecule has 0 bridgehead atoms. The van der Waals surface area contributed by atoms with E-state index in [9.17, 15) is 4.79 Å². The Morgan fingerprint density at radius 3 is 2.46 bits per heavy atom. The van der Waals surface area contributed by atoms with Crippen molar-refractivity contribution in [3.05, 3.63) is 108 Å². The maximum atomic E-state index is 13.3. The second-order valence-corrected chi connectivity index (χ2v) is 8.93. The van der Waals surface area contributed by atoms with E-state index in [1.807, 2.05) is 65.2 Å². The van der Waals surface area contributed by atoms with Gasteiger partial charge >= 0.3 is 0 Å². The van der Waals surface area contributed by atoms with Crippen LogP contribution in [0.3, 0.4) is 0 Å². The number of rotatable bonds is 7. The second kappa shape index (κ2) is 10.1. The van der Waals surface area contributed by atoms with Crippen molar-refractivity contribution in [1.82, 2.24) is 24.8 Å². The molecule has 39 heavy (non-hydrogen) atoms. The highest BCUT2D eigenvalue weighted by Crippen LogP contribution is 2.30. The molecule has 6 rings (SSSR count). The highest BCUT2D eigenvalue weighted by atomic mass is 16.6. The van der Waals surface area contributed by atoms with E-state index in [0.29, 0.717) is 22.6 Å². The molecule has 0 saturated carbocycles. The summed E-state index contributed by atoms with van der Waals surface area (Å²) in [5, 5.41) is 11.0. The highest BCUT2D eigenvalue weighted by Gasteiger charge is 2.21. The molecule has 3 aromatic heterocycles. The van der Waals surface area contributed by atoms with Gasteiger partial charge in [0, 0.05) is 42.4 Å². The molecule has 0 aliphatic rings. The SMILES string of the molecule is CN(C(=O)c1ccc(-n2c(-c3nonc3N)nc3cnccc32)cc1)c1ccc(NCc2ccccc2)cc1. The first-order valence-corrected chi connectivity index (χ1v) is 12.3. The Kier molecular flexibility index (Phi) is 6.18. The molecule has 10 nitrogen and oxygen atoms in total. The fourth-order valence-corrected chi connectivity index (χ4v) is 4.37. The van der Waals surface area contributed by atoms with Crippen LogP contribution in [0, 0.1) is 0 Å². The number of nitrogens with one attached hydrogen (secondary N) is 1. The lowest BCUT2D eigenvalue weighted by Crippen LogP contribution is -2.26. The van der Waals surface area contributed by atoms with E-state index in [4.69, 9.17) is 10.4 Å². The largest absolute Gasteiger partial charge is 0.381 e. The van der Waals surface area contributed by atoms with Crippen molar-refractivity contribution in [1.29, 1.82) is 0 Å². The smallest absolute Gasteiger partial charge is 0.258 e. The van der Waals surface area contributed by atoms with Crippen molar-refractivity contribution in [3.63, 3.8) is 0 Å². The number of pyridine rings is 1. The number of imidazole rings is 1. The lowest BCUT2D eigenvalue weighted by Gasteiger charge is -2.18. The van der Waals surface area contributed by atoms with Gasteiger partial charge in [0.2, 0.25) is 0 Å². The summed E-state index contributed by atoms with van der Waals surface area (Å²) in [4.78, 5) is 23.7. The molecule has 0 aliphatic carbocycles. The van der Waals surface area contributed by atoms with Gasteiger partial charge in [-0.25, -0.2) is 9.61 Å². The Bertz CT molecular complexity index is 1740. The first-order valence-electron chi connectivity index (χ1n) is 12.3. The van der Waals surface area contributed by atoms with Crippen LogP contribution in [0.25, 0.3) is 28.2 Å². The molecule has 1 amide bonds. The third kappa shape index (κ3) is 4.66. The number of amides is 1. The highest BCUT2D eigenvalue weighted by molar-refractivity contribution is 6.06. The van der Waals surface area contributed by atoms with Crippen LogP contribution >= 0.6 is 0 Å². The zero-order valence-electron chi connectivity index (χ0n) is 21.0. The number of carbonyl (C=O) groups is 1. The van der Waals surface area contributed by atoms with Crippen molar-refractivity contribution >= 4 is 34.1 Å². The molecular formula is C29H24N8O2. The van der Waals surface area contributed by atoms with Gasteiger partial charge in [-0.15, -0.1) is 0 Å². The molecular weight excluding hydrogens is 492 g/mol. The van der Waals surface area contributed by atoms with Crippen molar-refractivity contribution in [3.8, 4) is 17.2 Å². The van der Waals surface area contributed by atoms with Gasteiger partial charge in [0.05, 0.1) is 11.7 Å². The fraction of sp³-hybridized carbons (Fsp3) is 0.0690. The summed E-state index contributed by atoms with van der Waals surface area (Å²) in [5.41, 5.74) is 12.0. The van der Waals surface area contributed by atoms with Crippen LogP contribution in [0.4, 0.5) is 17.2 Å². The van der Waals surface area contributed by atoms with E-state index in [2.05, 4.69) is 37.7 Å². The number of carbonyl (C=O) groups excluding carboxylic acids is 1. The molecule has 3 heterocycles. The summed E-state index contributed by atoms with van der Waals surface area (Å²) in [6.45, 7) is 0.728. The first kappa shape index (κ1) is 23.9. The van der Waals surface area contributed by atoms with Crippen LogP contribution in [-0.2, 0) is 6.54 Å². The third-order valence-electron chi connectivity index (χ3n) is 6.45. The molecule has 3 N–H and O–H groups in total. The Morgan fingerprint density at radius 2 is 1.74 bits per heavy atom. The van der Waals surface area contributed by atoms with Crippen LogP contribution in [0.2, 0.25) is 0 Å². The van der Waals surface area contributed by atoms with Crippen LogP contribution in [0.5, 0.6) is 0 Å². The minimum Gasteiger partial charge on any atom is -0.381 e. The van der Waals surface area contributed by atoms with Crippen LogP contribution < -0.4 is 16.0 Å². The summed E-state index contributed by atoms with van der Waals surface area (Å²) < 4.78 is 6.68. The Labute approximate surface area is 223 Å². The van der Waals surface area contributed by atoms with Gasteiger partial charge in [-0.05, 0) is 70.5 Å². The zero-order valence-corrected chi connectivity index (χ0v) is 21.0. The molecule has 0 aliphatic heterocycles. The summed E-state index contributed by atoms with van der Waals surface area (Å²) >= 11 is 0. The molecule has 0 radical (unpaired) electrons. The molecule has 0 fully saturated rings. The number of fused-ring (bicyclic) bond motifs is 1. The molecule has 0 spiro atoms. The monoisotopic (exact) mass is 516 g/mol. The molecule has 0 unspecified atom stereocenters. The number of nitrogen functional groups attached to an aromatic ring is 1. The number of aromatic nitrogens is 5. The maximum Gasteiger partial charge on any atom is 0.258 e. The van der Waals surface area contributed by atoms with Gasteiger partial charge in [0.25, 0.3) is 5.91 Å². The quantitative estimate of drug-likeness (QED) is 0.305. The van der Waals surface area contributed by atoms with E-state index >= 15 is 0 Å². The third-order valence-corrected chi connectivity index (χ3v) is 6.45. The van der Waals surface area contributed by atoms with Crippen molar-refractivity contribution < 1.29 is 9.42 Å². The minimum absolute atomic E-state index is 0.128. The average molecular weight is 517 g/mol. The lowest BCUT2D eigenvalue weighted by atomic mass is 10.1. The van der Waals surface area contributed by atoms with Gasteiger partial charge < -0.3 is 16.0 Å². The molecule has 0 saturated heterocycles. The van der Waals surface area contributed by atoms with Gasteiger partial charge in [-0.1, -0.05) is 30.3 Å². The van der Waals surface area contributed by atoms with Gasteiger partial charge in [0.1, 0.15) is 5.52 Å². The standard InChI is InChI=1S/C29H24N8O2/c1-36(22-13-9-21(10-14-22)32-17-19-5-3-2-4-6-19)29(38)20-7-11-23(12-8-20)37-25-15-16-31-18-24(25)33-28(37)26-27(30)35-39-34-26/h2-16,18,32H,17H2,1H3,(H2,30,35). The molecule has 0 atom stereocenters. The number of nitrogens with two attached hydrogens (primary N) is 1. The Hall–Kier alpha value is -5.51. The first-order chi connectivity index (χ1) is 19.1. The Balaban J connectivity index is 1.22. The molecule has 192 valence electrons. The van der Waals surface area contributed by atoms with Crippen molar-refractivity contribution in [2.24, 2.45) is 0 Å².